The summed E-state index contributed by atoms with van der Waals surface area (Å²) >= 11 is 0. The minimum Gasteiger partial charge on any atom is -0.354 e. The van der Waals surface area contributed by atoms with Gasteiger partial charge < -0.3 is 15.5 Å². The third-order valence-corrected chi connectivity index (χ3v) is 3.38. The van der Waals surface area contributed by atoms with Crippen LogP contribution < -0.4 is 10.6 Å². The molecule has 3 amide bonds. The molecule has 6 heteroatoms. The van der Waals surface area contributed by atoms with Crippen molar-refractivity contribution in [1.29, 1.82) is 0 Å². The number of carbonyl (C=O) groups is 3. The Balaban J connectivity index is 1.82. The van der Waals surface area contributed by atoms with Gasteiger partial charge in [-0.25, -0.2) is 0 Å². The van der Waals surface area contributed by atoms with E-state index in [1.807, 2.05) is 0 Å². The zero-order valence-corrected chi connectivity index (χ0v) is 10.4. The number of hydrogen-bond acceptors (Lipinski definition) is 3. The predicted molar refractivity (Wildman–Crippen MR) is 64.6 cm³/mol. The zero-order valence-electron chi connectivity index (χ0n) is 10.4. The van der Waals surface area contributed by atoms with E-state index in [0.29, 0.717) is 25.9 Å². The number of nitrogens with zero attached hydrogens (tertiary/aromatic N) is 1. The molecule has 6 nitrogen and oxygen atoms in total. The first-order valence-electron chi connectivity index (χ1n) is 6.51. The van der Waals surface area contributed by atoms with Crippen LogP contribution >= 0.6 is 0 Å². The average Bonchev–Trinajstić information content (AvgIpc) is 2.61. The first-order valence-corrected chi connectivity index (χ1v) is 6.51. The van der Waals surface area contributed by atoms with E-state index in [9.17, 15) is 14.4 Å². The van der Waals surface area contributed by atoms with Gasteiger partial charge in [-0.1, -0.05) is 0 Å². The molecular formula is C12H19N3O3. The number of carbonyl (C=O) groups excluding carboxylic acids is 3. The predicted octanol–water partition coefficient (Wildman–Crippen LogP) is -0.606. The summed E-state index contributed by atoms with van der Waals surface area (Å²) in [6.07, 6.45) is 3.88. The molecule has 0 aromatic rings. The normalized spacial score (nSPS) is 24.7. The summed E-state index contributed by atoms with van der Waals surface area (Å²) in [6, 6.07) is -0.447. The van der Waals surface area contributed by atoms with Gasteiger partial charge in [0.1, 0.15) is 6.04 Å². The maximum Gasteiger partial charge on any atom is 0.242 e. The van der Waals surface area contributed by atoms with Crippen LogP contribution in [0.25, 0.3) is 0 Å². The minimum atomic E-state index is -0.447. The molecule has 2 heterocycles. The highest BCUT2D eigenvalue weighted by atomic mass is 16.2. The molecule has 2 N–H and O–H groups in total. The van der Waals surface area contributed by atoms with Crippen molar-refractivity contribution in [3.8, 4) is 0 Å². The monoisotopic (exact) mass is 253 g/mol. The SMILES string of the molecule is O=C(CN1CCCC1=O)NC1CCCCNC1=O. The van der Waals surface area contributed by atoms with Gasteiger partial charge in [-0.05, 0) is 25.7 Å². The maximum absolute atomic E-state index is 11.8. The zero-order chi connectivity index (χ0) is 13.0. The van der Waals surface area contributed by atoms with Crippen molar-refractivity contribution in [2.24, 2.45) is 0 Å². The largest absolute Gasteiger partial charge is 0.354 e. The standard InChI is InChI=1S/C12H19N3O3/c16-10(8-15-7-3-5-11(15)17)14-9-4-1-2-6-13-12(9)18/h9H,1-8H2,(H,13,18)(H,14,16). The van der Waals surface area contributed by atoms with E-state index in [1.54, 1.807) is 4.90 Å². The van der Waals surface area contributed by atoms with Crippen molar-refractivity contribution in [2.75, 3.05) is 19.6 Å². The summed E-state index contributed by atoms with van der Waals surface area (Å²) in [7, 11) is 0. The van der Waals surface area contributed by atoms with Crippen LogP contribution in [0.4, 0.5) is 0 Å². The van der Waals surface area contributed by atoms with E-state index in [0.717, 1.165) is 19.3 Å². The molecule has 1 unspecified atom stereocenters. The Hall–Kier alpha value is -1.59. The molecule has 0 aromatic carbocycles. The summed E-state index contributed by atoms with van der Waals surface area (Å²) in [4.78, 5) is 36.4. The highest BCUT2D eigenvalue weighted by Crippen LogP contribution is 2.09. The molecule has 2 aliphatic rings. The van der Waals surface area contributed by atoms with Gasteiger partial charge >= 0.3 is 0 Å². The Morgan fingerprint density at radius 3 is 2.89 bits per heavy atom. The Morgan fingerprint density at radius 1 is 1.33 bits per heavy atom. The van der Waals surface area contributed by atoms with Gasteiger partial charge in [-0.2, -0.15) is 0 Å². The van der Waals surface area contributed by atoms with E-state index in [1.165, 1.54) is 0 Å². The van der Waals surface area contributed by atoms with Gasteiger partial charge in [-0.3, -0.25) is 14.4 Å². The number of likely N-dealkylation sites (tertiary alicyclic amines) is 1. The van der Waals surface area contributed by atoms with E-state index in [2.05, 4.69) is 10.6 Å². The van der Waals surface area contributed by atoms with Crippen molar-refractivity contribution >= 4 is 17.7 Å². The van der Waals surface area contributed by atoms with Crippen LogP contribution in [0.15, 0.2) is 0 Å². The first kappa shape index (κ1) is 12.9. The molecule has 0 radical (unpaired) electrons. The topological polar surface area (TPSA) is 78.5 Å². The van der Waals surface area contributed by atoms with Gasteiger partial charge in [0.05, 0.1) is 6.54 Å². The summed E-state index contributed by atoms with van der Waals surface area (Å²) in [5, 5.41) is 5.48. The Morgan fingerprint density at radius 2 is 2.17 bits per heavy atom. The molecule has 0 saturated carbocycles. The Bertz CT molecular complexity index is 356. The molecular weight excluding hydrogens is 234 g/mol. The van der Waals surface area contributed by atoms with Gasteiger partial charge in [0, 0.05) is 19.5 Å². The molecule has 2 saturated heterocycles. The fourth-order valence-electron chi connectivity index (χ4n) is 2.36. The second-order valence-electron chi connectivity index (χ2n) is 4.83. The molecule has 2 fully saturated rings. The quantitative estimate of drug-likeness (QED) is 0.704. The van der Waals surface area contributed by atoms with Crippen LogP contribution in [0, 0.1) is 0 Å². The van der Waals surface area contributed by atoms with E-state index in [-0.39, 0.29) is 24.3 Å². The maximum atomic E-state index is 11.8. The lowest BCUT2D eigenvalue weighted by atomic mass is 10.1. The van der Waals surface area contributed by atoms with Crippen molar-refractivity contribution in [3.63, 3.8) is 0 Å². The summed E-state index contributed by atoms with van der Waals surface area (Å²) in [5.74, 6) is -0.337. The minimum absolute atomic E-state index is 0.0236. The van der Waals surface area contributed by atoms with Gasteiger partial charge in [0.15, 0.2) is 0 Å². The number of amides is 3. The lowest BCUT2D eigenvalue weighted by Crippen LogP contribution is -2.48. The number of nitrogens with one attached hydrogen (secondary N) is 2. The van der Waals surface area contributed by atoms with Crippen molar-refractivity contribution in [1.82, 2.24) is 15.5 Å². The molecule has 0 spiro atoms. The highest BCUT2D eigenvalue weighted by molar-refractivity contribution is 5.90. The van der Waals surface area contributed by atoms with Gasteiger partial charge in [-0.15, -0.1) is 0 Å². The molecule has 0 aliphatic carbocycles. The number of rotatable bonds is 3. The fraction of sp³-hybridized carbons (Fsp3) is 0.750. The van der Waals surface area contributed by atoms with Crippen molar-refractivity contribution in [2.45, 2.75) is 38.1 Å². The molecule has 100 valence electrons. The van der Waals surface area contributed by atoms with Crippen LogP contribution in [0.2, 0.25) is 0 Å². The van der Waals surface area contributed by atoms with Gasteiger partial charge in [0.2, 0.25) is 17.7 Å². The Labute approximate surface area is 106 Å². The van der Waals surface area contributed by atoms with Crippen LogP contribution in [0.1, 0.15) is 32.1 Å². The molecule has 0 bridgehead atoms. The molecule has 18 heavy (non-hydrogen) atoms. The van der Waals surface area contributed by atoms with Crippen molar-refractivity contribution < 1.29 is 14.4 Å². The summed E-state index contributed by atoms with van der Waals surface area (Å²) in [6.45, 7) is 1.39. The van der Waals surface area contributed by atoms with Crippen LogP contribution in [0.5, 0.6) is 0 Å². The molecule has 2 rings (SSSR count). The number of hydrogen-bond donors (Lipinski definition) is 2. The summed E-state index contributed by atoms with van der Waals surface area (Å²) < 4.78 is 0. The van der Waals surface area contributed by atoms with Gasteiger partial charge in [0.25, 0.3) is 0 Å². The molecule has 2 aliphatic heterocycles. The second-order valence-corrected chi connectivity index (χ2v) is 4.83. The van der Waals surface area contributed by atoms with Crippen molar-refractivity contribution in [3.05, 3.63) is 0 Å². The second kappa shape index (κ2) is 5.84. The highest BCUT2D eigenvalue weighted by Gasteiger charge is 2.26. The Kier molecular flexibility index (Phi) is 4.17. The van der Waals surface area contributed by atoms with E-state index >= 15 is 0 Å². The lowest BCUT2D eigenvalue weighted by Gasteiger charge is -2.19. The average molecular weight is 253 g/mol. The van der Waals surface area contributed by atoms with Crippen LogP contribution in [0.3, 0.4) is 0 Å². The molecule has 0 aromatic heterocycles. The first-order chi connectivity index (χ1) is 8.66. The summed E-state index contributed by atoms with van der Waals surface area (Å²) in [5.41, 5.74) is 0. The van der Waals surface area contributed by atoms with E-state index in [4.69, 9.17) is 0 Å². The molecule has 1 atom stereocenters. The smallest absolute Gasteiger partial charge is 0.242 e. The van der Waals surface area contributed by atoms with Crippen LogP contribution in [-0.4, -0.2) is 48.3 Å². The van der Waals surface area contributed by atoms with Crippen LogP contribution in [-0.2, 0) is 14.4 Å². The fourth-order valence-corrected chi connectivity index (χ4v) is 2.36. The van der Waals surface area contributed by atoms with E-state index < -0.39 is 6.04 Å². The third kappa shape index (κ3) is 3.21. The lowest BCUT2D eigenvalue weighted by molar-refractivity contribution is -0.134. The third-order valence-electron chi connectivity index (χ3n) is 3.38.